The maximum absolute atomic E-state index is 12.4. The Morgan fingerprint density at radius 3 is 2.50 bits per heavy atom. The van der Waals surface area contributed by atoms with Crippen molar-refractivity contribution in [3.05, 3.63) is 35.9 Å². The van der Waals surface area contributed by atoms with E-state index in [2.05, 4.69) is 33.0 Å². The minimum absolute atomic E-state index is 0.00707. The molecule has 0 bridgehead atoms. The number of nitrogens with one attached hydrogen (secondary N) is 1. The third-order valence-electron chi connectivity index (χ3n) is 5.42. The summed E-state index contributed by atoms with van der Waals surface area (Å²) in [6.07, 6.45) is 4.07. The Labute approximate surface area is 146 Å². The molecule has 24 heavy (non-hydrogen) atoms. The molecule has 0 saturated heterocycles. The standard InChI is InChI=1S/C21H31NO2/c1-15(2)18-10-11-21(3,4)13-17(18)12-20(24)22-14-19(23)16-8-6-5-7-9-16/h5-9,15,17-18H,10-14H2,1-4H3,(H,22,24). The maximum Gasteiger partial charge on any atom is 0.220 e. The maximum atomic E-state index is 12.4. The first-order valence-electron chi connectivity index (χ1n) is 9.13. The molecule has 1 saturated carbocycles. The van der Waals surface area contributed by atoms with Crippen molar-refractivity contribution in [3.63, 3.8) is 0 Å². The molecule has 2 unspecified atom stereocenters. The highest BCUT2D eigenvalue weighted by molar-refractivity contribution is 5.99. The van der Waals surface area contributed by atoms with E-state index in [0.29, 0.717) is 35.2 Å². The van der Waals surface area contributed by atoms with Crippen LogP contribution in [0.3, 0.4) is 0 Å². The van der Waals surface area contributed by atoms with Crippen LogP contribution in [-0.2, 0) is 4.79 Å². The summed E-state index contributed by atoms with van der Waals surface area (Å²) in [5.74, 6) is 1.60. The van der Waals surface area contributed by atoms with Gasteiger partial charge in [-0.1, -0.05) is 58.0 Å². The van der Waals surface area contributed by atoms with Crippen molar-refractivity contribution < 1.29 is 9.59 Å². The monoisotopic (exact) mass is 329 g/mol. The lowest BCUT2D eigenvalue weighted by Gasteiger charge is -2.42. The van der Waals surface area contributed by atoms with Gasteiger partial charge >= 0.3 is 0 Å². The molecule has 0 aromatic heterocycles. The predicted octanol–water partition coefficient (Wildman–Crippen LogP) is 4.47. The molecule has 1 N–H and O–H groups in total. The number of carbonyl (C=O) groups excluding carboxylic acids is 2. The highest BCUT2D eigenvalue weighted by atomic mass is 16.2. The molecule has 0 radical (unpaired) electrons. The molecule has 3 nitrogen and oxygen atoms in total. The number of Topliss-reactive ketones (excluding diaryl/α,β-unsaturated/α-hetero) is 1. The number of rotatable bonds is 6. The van der Waals surface area contributed by atoms with Gasteiger partial charge in [-0.3, -0.25) is 9.59 Å². The fraction of sp³-hybridized carbons (Fsp3) is 0.619. The Balaban J connectivity index is 1.89. The van der Waals surface area contributed by atoms with Crippen molar-refractivity contribution >= 4 is 11.7 Å². The van der Waals surface area contributed by atoms with Crippen LogP contribution in [0.2, 0.25) is 0 Å². The largest absolute Gasteiger partial charge is 0.349 e. The normalized spacial score (nSPS) is 23.0. The molecule has 132 valence electrons. The Morgan fingerprint density at radius 1 is 1.21 bits per heavy atom. The summed E-state index contributed by atoms with van der Waals surface area (Å²) >= 11 is 0. The fourth-order valence-corrected chi connectivity index (χ4v) is 4.07. The quantitative estimate of drug-likeness (QED) is 0.782. The SMILES string of the molecule is CC(C)C1CCC(C)(C)CC1CC(=O)NCC(=O)c1ccccc1. The Morgan fingerprint density at radius 2 is 1.88 bits per heavy atom. The molecule has 1 amide bonds. The molecular weight excluding hydrogens is 298 g/mol. The van der Waals surface area contributed by atoms with E-state index in [4.69, 9.17) is 0 Å². The van der Waals surface area contributed by atoms with Gasteiger partial charge in [0, 0.05) is 12.0 Å². The lowest BCUT2D eigenvalue weighted by molar-refractivity contribution is -0.123. The highest BCUT2D eigenvalue weighted by Crippen LogP contribution is 2.45. The van der Waals surface area contributed by atoms with Gasteiger partial charge in [-0.25, -0.2) is 0 Å². The van der Waals surface area contributed by atoms with E-state index >= 15 is 0 Å². The number of carbonyl (C=O) groups is 2. The number of hydrogen-bond donors (Lipinski definition) is 1. The van der Waals surface area contributed by atoms with E-state index in [9.17, 15) is 9.59 Å². The summed E-state index contributed by atoms with van der Waals surface area (Å²) in [6.45, 7) is 9.20. The minimum Gasteiger partial charge on any atom is -0.349 e. The predicted molar refractivity (Wildman–Crippen MR) is 97.8 cm³/mol. The molecule has 1 aromatic carbocycles. The van der Waals surface area contributed by atoms with Gasteiger partial charge < -0.3 is 5.32 Å². The first-order chi connectivity index (χ1) is 11.3. The van der Waals surface area contributed by atoms with Gasteiger partial charge in [-0.2, -0.15) is 0 Å². The molecule has 1 fully saturated rings. The number of benzene rings is 1. The van der Waals surface area contributed by atoms with Gasteiger partial charge in [-0.15, -0.1) is 0 Å². The molecule has 3 heteroatoms. The third-order valence-corrected chi connectivity index (χ3v) is 5.42. The van der Waals surface area contributed by atoms with E-state index in [1.165, 1.54) is 12.8 Å². The number of hydrogen-bond acceptors (Lipinski definition) is 2. The zero-order valence-electron chi connectivity index (χ0n) is 15.5. The summed E-state index contributed by atoms with van der Waals surface area (Å²) in [6, 6.07) is 9.13. The lowest BCUT2D eigenvalue weighted by atomic mass is 9.63. The highest BCUT2D eigenvalue weighted by Gasteiger charge is 2.37. The van der Waals surface area contributed by atoms with E-state index in [1.807, 2.05) is 18.2 Å². The van der Waals surface area contributed by atoms with Gasteiger partial charge in [0.05, 0.1) is 6.54 Å². The van der Waals surface area contributed by atoms with Crippen molar-refractivity contribution in [2.24, 2.45) is 23.2 Å². The molecule has 0 aliphatic heterocycles. The first-order valence-corrected chi connectivity index (χ1v) is 9.13. The Bertz CT molecular complexity index is 562. The minimum atomic E-state index is -0.0340. The average molecular weight is 329 g/mol. The second kappa shape index (κ2) is 7.96. The van der Waals surface area contributed by atoms with E-state index in [0.717, 1.165) is 6.42 Å². The lowest BCUT2D eigenvalue weighted by Crippen LogP contribution is -2.37. The summed E-state index contributed by atoms with van der Waals surface area (Å²) in [4.78, 5) is 24.5. The first kappa shape index (κ1) is 18.7. The van der Waals surface area contributed by atoms with Crippen LogP contribution in [0.25, 0.3) is 0 Å². The van der Waals surface area contributed by atoms with Gasteiger partial charge in [0.25, 0.3) is 0 Å². The number of ketones is 1. The Kier molecular flexibility index (Phi) is 6.20. The van der Waals surface area contributed by atoms with Crippen LogP contribution in [0.1, 0.15) is 63.7 Å². The van der Waals surface area contributed by atoms with Crippen molar-refractivity contribution in [2.75, 3.05) is 6.54 Å². The Hall–Kier alpha value is -1.64. The van der Waals surface area contributed by atoms with E-state index in [-0.39, 0.29) is 18.2 Å². The van der Waals surface area contributed by atoms with Crippen molar-refractivity contribution in [1.29, 1.82) is 0 Å². The number of amides is 1. The smallest absolute Gasteiger partial charge is 0.220 e. The van der Waals surface area contributed by atoms with Crippen molar-refractivity contribution in [1.82, 2.24) is 5.32 Å². The third kappa shape index (κ3) is 5.19. The van der Waals surface area contributed by atoms with Gasteiger partial charge in [0.1, 0.15) is 0 Å². The molecule has 2 rings (SSSR count). The molecule has 1 aliphatic carbocycles. The molecule has 2 atom stereocenters. The topological polar surface area (TPSA) is 46.2 Å². The van der Waals surface area contributed by atoms with Crippen LogP contribution in [-0.4, -0.2) is 18.2 Å². The van der Waals surface area contributed by atoms with Crippen LogP contribution in [0.5, 0.6) is 0 Å². The van der Waals surface area contributed by atoms with Crippen LogP contribution >= 0.6 is 0 Å². The summed E-state index contributed by atoms with van der Waals surface area (Å²) in [5.41, 5.74) is 0.965. The molecule has 1 aromatic rings. The average Bonchev–Trinajstić information content (AvgIpc) is 2.52. The van der Waals surface area contributed by atoms with Gasteiger partial charge in [0.15, 0.2) is 5.78 Å². The second-order valence-corrected chi connectivity index (χ2v) is 8.35. The van der Waals surface area contributed by atoms with Crippen LogP contribution < -0.4 is 5.32 Å². The van der Waals surface area contributed by atoms with Crippen LogP contribution in [0, 0.1) is 23.2 Å². The van der Waals surface area contributed by atoms with Crippen molar-refractivity contribution in [3.8, 4) is 0 Å². The fourth-order valence-electron chi connectivity index (χ4n) is 4.07. The zero-order chi connectivity index (χ0) is 17.7. The summed E-state index contributed by atoms with van der Waals surface area (Å²) < 4.78 is 0. The molecule has 1 aliphatic rings. The van der Waals surface area contributed by atoms with Crippen LogP contribution in [0.4, 0.5) is 0 Å². The second-order valence-electron chi connectivity index (χ2n) is 8.35. The molecule has 0 spiro atoms. The summed E-state index contributed by atoms with van der Waals surface area (Å²) in [7, 11) is 0. The molecular formula is C21H31NO2. The van der Waals surface area contributed by atoms with Gasteiger partial charge in [0.2, 0.25) is 5.91 Å². The molecule has 0 heterocycles. The van der Waals surface area contributed by atoms with Gasteiger partial charge in [-0.05, 0) is 42.4 Å². The van der Waals surface area contributed by atoms with Crippen LogP contribution in [0.15, 0.2) is 30.3 Å². The van der Waals surface area contributed by atoms with E-state index in [1.54, 1.807) is 12.1 Å². The zero-order valence-corrected chi connectivity index (χ0v) is 15.5. The van der Waals surface area contributed by atoms with Crippen molar-refractivity contribution in [2.45, 2.75) is 53.4 Å². The summed E-state index contributed by atoms with van der Waals surface area (Å²) in [5, 5.41) is 2.83. The van der Waals surface area contributed by atoms with E-state index < -0.39 is 0 Å².